The Hall–Kier alpha value is -3.12. The van der Waals surface area contributed by atoms with Crippen molar-refractivity contribution in [1.82, 2.24) is 19.4 Å². The van der Waals surface area contributed by atoms with Crippen molar-refractivity contribution in [3.63, 3.8) is 0 Å². The summed E-state index contributed by atoms with van der Waals surface area (Å²) in [5.41, 5.74) is 3.71. The number of fused-ring (bicyclic) bond motifs is 2. The molecule has 0 aliphatic heterocycles. The molecule has 0 radical (unpaired) electrons. The largest absolute Gasteiger partial charge is 0.383 e. The zero-order valence-electron chi connectivity index (χ0n) is 16.3. The Morgan fingerprint density at radius 2 is 2.00 bits per heavy atom. The first-order chi connectivity index (χ1) is 13.6. The summed E-state index contributed by atoms with van der Waals surface area (Å²) in [7, 11) is 3.68. The molecule has 4 rings (SSSR count). The molecule has 28 heavy (non-hydrogen) atoms. The van der Waals surface area contributed by atoms with Crippen LogP contribution in [0.2, 0.25) is 0 Å². The predicted octanol–water partition coefficient (Wildman–Crippen LogP) is 3.67. The third kappa shape index (κ3) is 3.27. The van der Waals surface area contributed by atoms with E-state index in [0.29, 0.717) is 18.7 Å². The topological polar surface area (TPSA) is 61.1 Å². The minimum atomic E-state index is -0.233. The number of para-hydroxylation sites is 2. The highest BCUT2D eigenvalue weighted by Gasteiger charge is 2.19. The zero-order valence-corrected chi connectivity index (χ0v) is 16.3. The number of amides is 1. The van der Waals surface area contributed by atoms with E-state index in [4.69, 9.17) is 9.72 Å². The van der Waals surface area contributed by atoms with E-state index in [9.17, 15) is 4.79 Å². The first-order valence-electron chi connectivity index (χ1n) is 9.38. The fraction of sp³-hybridized carbons (Fsp3) is 0.273. The van der Waals surface area contributed by atoms with Gasteiger partial charge in [0, 0.05) is 43.4 Å². The molecule has 0 aliphatic rings. The fourth-order valence-electron chi connectivity index (χ4n) is 3.61. The van der Waals surface area contributed by atoms with E-state index in [1.54, 1.807) is 7.11 Å². The standard InChI is InChI=1S/C22H24N4O2/c1-15(21-24-18-6-4-5-7-20(18)26(21)12-13-28-3)23-22(27)17-8-9-19-16(14-17)10-11-25(19)2/h4-11,14-15H,12-13H2,1-3H3,(H,23,27)/t15-/m0/s1. The molecule has 2 heterocycles. The van der Waals surface area contributed by atoms with Crippen molar-refractivity contribution in [1.29, 1.82) is 0 Å². The molecule has 2 aromatic carbocycles. The number of benzene rings is 2. The molecule has 1 amide bonds. The van der Waals surface area contributed by atoms with Crippen LogP contribution in [-0.2, 0) is 18.3 Å². The van der Waals surface area contributed by atoms with Gasteiger partial charge < -0.3 is 19.2 Å². The van der Waals surface area contributed by atoms with Gasteiger partial charge in [-0.05, 0) is 43.3 Å². The molecular weight excluding hydrogens is 352 g/mol. The molecule has 4 aromatic rings. The van der Waals surface area contributed by atoms with Gasteiger partial charge in [-0.15, -0.1) is 0 Å². The number of aromatic nitrogens is 3. The van der Waals surface area contributed by atoms with Crippen molar-refractivity contribution < 1.29 is 9.53 Å². The van der Waals surface area contributed by atoms with Gasteiger partial charge in [-0.3, -0.25) is 4.79 Å². The number of nitrogens with zero attached hydrogens (tertiary/aromatic N) is 3. The van der Waals surface area contributed by atoms with E-state index < -0.39 is 0 Å². The lowest BCUT2D eigenvalue weighted by molar-refractivity contribution is 0.0937. The summed E-state index contributed by atoms with van der Waals surface area (Å²) in [6.07, 6.45) is 1.99. The molecule has 0 aliphatic carbocycles. The van der Waals surface area contributed by atoms with Crippen molar-refractivity contribution in [3.05, 3.63) is 66.1 Å². The van der Waals surface area contributed by atoms with E-state index in [0.717, 1.165) is 27.8 Å². The lowest BCUT2D eigenvalue weighted by Gasteiger charge is -2.16. The van der Waals surface area contributed by atoms with Gasteiger partial charge in [0.05, 0.1) is 23.7 Å². The maximum absolute atomic E-state index is 12.8. The number of rotatable bonds is 6. The van der Waals surface area contributed by atoms with Gasteiger partial charge in [-0.25, -0.2) is 4.98 Å². The Morgan fingerprint density at radius 3 is 2.82 bits per heavy atom. The van der Waals surface area contributed by atoms with Crippen molar-refractivity contribution in [3.8, 4) is 0 Å². The first-order valence-corrected chi connectivity index (χ1v) is 9.38. The van der Waals surface area contributed by atoms with Crippen LogP contribution in [0, 0.1) is 0 Å². The summed E-state index contributed by atoms with van der Waals surface area (Å²) in [5, 5.41) is 4.14. The normalized spacial score (nSPS) is 12.5. The van der Waals surface area contributed by atoms with Gasteiger partial charge >= 0.3 is 0 Å². The average molecular weight is 376 g/mol. The Labute approximate surface area is 163 Å². The van der Waals surface area contributed by atoms with E-state index in [1.165, 1.54) is 0 Å². The molecule has 2 aromatic heterocycles. The molecule has 0 unspecified atom stereocenters. The number of methoxy groups -OCH3 is 1. The van der Waals surface area contributed by atoms with Gasteiger partial charge in [-0.1, -0.05) is 12.1 Å². The highest BCUT2D eigenvalue weighted by Crippen LogP contribution is 2.22. The van der Waals surface area contributed by atoms with Gasteiger partial charge in [0.1, 0.15) is 5.82 Å². The second-order valence-corrected chi connectivity index (χ2v) is 7.00. The summed E-state index contributed by atoms with van der Waals surface area (Å²) in [4.78, 5) is 17.6. The fourth-order valence-corrected chi connectivity index (χ4v) is 3.61. The Morgan fingerprint density at radius 1 is 1.18 bits per heavy atom. The number of imidazole rings is 1. The molecule has 6 heteroatoms. The number of hydrogen-bond donors (Lipinski definition) is 1. The smallest absolute Gasteiger partial charge is 0.251 e. The molecule has 6 nitrogen and oxygen atoms in total. The highest BCUT2D eigenvalue weighted by molar-refractivity contribution is 5.98. The van der Waals surface area contributed by atoms with Crippen LogP contribution in [0.4, 0.5) is 0 Å². The Bertz CT molecular complexity index is 1140. The number of ether oxygens (including phenoxy) is 1. The Kier molecular flexibility index (Phi) is 4.88. The third-order valence-corrected chi connectivity index (χ3v) is 5.09. The number of carbonyl (C=O) groups excluding carboxylic acids is 1. The molecule has 0 fully saturated rings. The second-order valence-electron chi connectivity index (χ2n) is 7.00. The van der Waals surface area contributed by atoms with Crippen LogP contribution in [0.3, 0.4) is 0 Å². The number of nitrogens with one attached hydrogen (secondary N) is 1. The molecule has 1 N–H and O–H groups in total. The molecule has 0 saturated carbocycles. The van der Waals surface area contributed by atoms with Crippen LogP contribution in [0.15, 0.2) is 54.7 Å². The van der Waals surface area contributed by atoms with E-state index in [-0.39, 0.29) is 11.9 Å². The second kappa shape index (κ2) is 7.48. The number of carbonyl (C=O) groups is 1. The Balaban J connectivity index is 1.61. The van der Waals surface area contributed by atoms with Crippen molar-refractivity contribution in [2.75, 3.05) is 13.7 Å². The SMILES string of the molecule is COCCn1c([C@H](C)NC(=O)c2ccc3c(ccn3C)c2)nc2ccccc21. The van der Waals surface area contributed by atoms with Crippen LogP contribution in [-0.4, -0.2) is 33.7 Å². The van der Waals surface area contributed by atoms with Gasteiger partial charge in [0.25, 0.3) is 5.91 Å². The number of hydrogen-bond acceptors (Lipinski definition) is 3. The summed E-state index contributed by atoms with van der Waals surface area (Å²) >= 11 is 0. The van der Waals surface area contributed by atoms with Crippen LogP contribution in [0.5, 0.6) is 0 Å². The number of aryl methyl sites for hydroxylation is 1. The quantitative estimate of drug-likeness (QED) is 0.559. The van der Waals surface area contributed by atoms with Crippen molar-refractivity contribution in [2.45, 2.75) is 19.5 Å². The molecular formula is C22H24N4O2. The van der Waals surface area contributed by atoms with Gasteiger partial charge in [0.2, 0.25) is 0 Å². The van der Waals surface area contributed by atoms with Crippen LogP contribution < -0.4 is 5.32 Å². The van der Waals surface area contributed by atoms with E-state index in [2.05, 4.69) is 9.88 Å². The maximum atomic E-state index is 12.8. The van der Waals surface area contributed by atoms with E-state index >= 15 is 0 Å². The lowest BCUT2D eigenvalue weighted by atomic mass is 10.1. The van der Waals surface area contributed by atoms with Gasteiger partial charge in [0.15, 0.2) is 0 Å². The third-order valence-electron chi connectivity index (χ3n) is 5.09. The molecule has 0 bridgehead atoms. The lowest BCUT2D eigenvalue weighted by Crippen LogP contribution is -2.29. The average Bonchev–Trinajstić information content (AvgIpc) is 3.26. The van der Waals surface area contributed by atoms with E-state index in [1.807, 2.05) is 73.3 Å². The summed E-state index contributed by atoms with van der Waals surface area (Å²) in [6, 6.07) is 15.5. The molecule has 0 spiro atoms. The van der Waals surface area contributed by atoms with Crippen molar-refractivity contribution in [2.24, 2.45) is 7.05 Å². The van der Waals surface area contributed by atoms with Crippen LogP contribution in [0.1, 0.15) is 29.1 Å². The zero-order chi connectivity index (χ0) is 19.7. The summed E-state index contributed by atoms with van der Waals surface area (Å²) < 4.78 is 9.41. The predicted molar refractivity (Wildman–Crippen MR) is 110 cm³/mol. The van der Waals surface area contributed by atoms with Crippen LogP contribution >= 0.6 is 0 Å². The molecule has 1 atom stereocenters. The van der Waals surface area contributed by atoms with Gasteiger partial charge in [-0.2, -0.15) is 0 Å². The first kappa shape index (κ1) is 18.3. The van der Waals surface area contributed by atoms with Crippen molar-refractivity contribution >= 4 is 27.8 Å². The maximum Gasteiger partial charge on any atom is 0.251 e. The van der Waals surface area contributed by atoms with Crippen LogP contribution in [0.25, 0.3) is 21.9 Å². The monoisotopic (exact) mass is 376 g/mol. The molecule has 0 saturated heterocycles. The molecule has 144 valence electrons. The minimum absolute atomic E-state index is 0.108. The summed E-state index contributed by atoms with van der Waals surface area (Å²) in [5.74, 6) is 0.719. The highest BCUT2D eigenvalue weighted by atomic mass is 16.5. The summed E-state index contributed by atoms with van der Waals surface area (Å²) in [6.45, 7) is 3.23. The minimum Gasteiger partial charge on any atom is -0.383 e.